The van der Waals surface area contributed by atoms with E-state index in [-0.39, 0.29) is 5.56 Å². The van der Waals surface area contributed by atoms with Gasteiger partial charge in [0.05, 0.1) is 5.56 Å². The first kappa shape index (κ1) is 16.6. The van der Waals surface area contributed by atoms with E-state index >= 15 is 0 Å². The van der Waals surface area contributed by atoms with Crippen LogP contribution in [0.4, 0.5) is 17.6 Å². The minimum Gasteiger partial charge on any atom is -0.370 e. The lowest BCUT2D eigenvalue weighted by Gasteiger charge is -2.16. The predicted octanol–water partition coefficient (Wildman–Crippen LogP) is 4.23. The molecule has 0 fully saturated rings. The lowest BCUT2D eigenvalue weighted by Crippen LogP contribution is -2.24. The molecule has 0 heterocycles. The van der Waals surface area contributed by atoms with Crippen LogP contribution in [0.25, 0.3) is 0 Å². The first-order valence-corrected chi connectivity index (χ1v) is 6.33. The van der Waals surface area contributed by atoms with E-state index in [4.69, 9.17) is 4.74 Å². The van der Waals surface area contributed by atoms with Crippen molar-refractivity contribution in [2.45, 2.75) is 39.0 Å². The highest BCUT2D eigenvalue weighted by molar-refractivity contribution is 5.99. The maximum absolute atomic E-state index is 13.4. The number of halogens is 4. The molecule has 0 spiro atoms. The first-order chi connectivity index (χ1) is 9.31. The summed E-state index contributed by atoms with van der Waals surface area (Å²) in [5.41, 5.74) is -1.49. The molecular weight excluding hydrogens is 276 g/mol. The van der Waals surface area contributed by atoms with Crippen LogP contribution in [0.3, 0.4) is 0 Å². The average Bonchev–Trinajstić information content (AvgIpc) is 2.36. The van der Waals surface area contributed by atoms with Gasteiger partial charge in [-0.25, -0.2) is 4.39 Å². The molecule has 112 valence electrons. The van der Waals surface area contributed by atoms with Crippen molar-refractivity contribution in [3.8, 4) is 0 Å². The van der Waals surface area contributed by atoms with Crippen molar-refractivity contribution in [1.82, 2.24) is 0 Å². The van der Waals surface area contributed by atoms with Gasteiger partial charge in [0.25, 0.3) is 0 Å². The van der Waals surface area contributed by atoms with Crippen molar-refractivity contribution < 1.29 is 27.1 Å². The van der Waals surface area contributed by atoms with Gasteiger partial charge in [0.1, 0.15) is 11.9 Å². The molecular formula is C14H16F4O2. The maximum Gasteiger partial charge on any atom is 0.419 e. The Labute approximate surface area is 114 Å². The van der Waals surface area contributed by atoms with E-state index in [1.807, 2.05) is 6.92 Å². The Bertz CT molecular complexity index is 463. The zero-order valence-electron chi connectivity index (χ0n) is 11.3. The number of carbonyl (C=O) groups is 1. The quantitative estimate of drug-likeness (QED) is 0.579. The summed E-state index contributed by atoms with van der Waals surface area (Å²) in [7, 11) is 0. The van der Waals surface area contributed by atoms with Crippen LogP contribution in [0.5, 0.6) is 0 Å². The third-order valence-electron chi connectivity index (χ3n) is 2.77. The fraction of sp³-hybridized carbons (Fsp3) is 0.500. The highest BCUT2D eigenvalue weighted by Gasteiger charge is 2.34. The Balaban J connectivity index is 3.02. The molecule has 6 heteroatoms. The number of benzene rings is 1. The molecule has 20 heavy (non-hydrogen) atoms. The number of hydrogen-bond donors (Lipinski definition) is 0. The molecule has 0 saturated carbocycles. The number of alkyl halides is 3. The average molecular weight is 292 g/mol. The van der Waals surface area contributed by atoms with E-state index in [9.17, 15) is 22.4 Å². The topological polar surface area (TPSA) is 26.3 Å². The first-order valence-electron chi connectivity index (χ1n) is 6.33. The highest BCUT2D eigenvalue weighted by atomic mass is 19.4. The molecule has 0 radical (unpaired) electrons. The number of rotatable bonds is 6. The van der Waals surface area contributed by atoms with Crippen LogP contribution in [-0.2, 0) is 10.9 Å². The minimum absolute atomic E-state index is 0.109. The smallest absolute Gasteiger partial charge is 0.370 e. The van der Waals surface area contributed by atoms with E-state index in [2.05, 4.69) is 0 Å². The van der Waals surface area contributed by atoms with Crippen molar-refractivity contribution in [3.63, 3.8) is 0 Å². The molecule has 1 rings (SSSR count). The highest BCUT2D eigenvalue weighted by Crippen LogP contribution is 2.31. The fourth-order valence-electron chi connectivity index (χ4n) is 1.84. The second-order valence-corrected chi connectivity index (χ2v) is 4.29. The monoisotopic (exact) mass is 292 g/mol. The van der Waals surface area contributed by atoms with Gasteiger partial charge in [-0.05, 0) is 25.5 Å². The predicted molar refractivity (Wildman–Crippen MR) is 66.1 cm³/mol. The van der Waals surface area contributed by atoms with E-state index in [1.165, 1.54) is 0 Å². The third kappa shape index (κ3) is 4.03. The molecule has 1 atom stereocenters. The van der Waals surface area contributed by atoms with Gasteiger partial charge in [0.15, 0.2) is 5.78 Å². The minimum atomic E-state index is -4.77. The second-order valence-electron chi connectivity index (χ2n) is 4.29. The van der Waals surface area contributed by atoms with Crippen LogP contribution in [0, 0.1) is 5.82 Å². The third-order valence-corrected chi connectivity index (χ3v) is 2.77. The summed E-state index contributed by atoms with van der Waals surface area (Å²) in [6.07, 6.45) is -4.40. The van der Waals surface area contributed by atoms with Crippen LogP contribution in [-0.4, -0.2) is 18.5 Å². The van der Waals surface area contributed by atoms with Crippen molar-refractivity contribution in [2.24, 2.45) is 0 Å². The number of carbonyl (C=O) groups excluding carboxylic acids is 1. The van der Waals surface area contributed by atoms with E-state index in [1.54, 1.807) is 6.92 Å². The number of hydrogen-bond acceptors (Lipinski definition) is 2. The number of Topliss-reactive ketones (excluding diaryl/α,β-unsaturated/α-hetero) is 1. The Morgan fingerprint density at radius 1 is 1.30 bits per heavy atom. The molecule has 0 aliphatic rings. The molecule has 0 N–H and O–H groups in total. The number of ketones is 1. The normalized spacial score (nSPS) is 13.3. The maximum atomic E-state index is 13.4. The van der Waals surface area contributed by atoms with E-state index in [0.717, 1.165) is 6.07 Å². The standard InChI is InChI=1S/C14H16F4O2/c1-3-5-12(20-4-2)13(19)9-6-7-10(11(15)8-9)14(16,17)18/h6-8,12H,3-5H2,1-2H3. The zero-order chi connectivity index (χ0) is 15.3. The molecule has 2 nitrogen and oxygen atoms in total. The fourth-order valence-corrected chi connectivity index (χ4v) is 1.84. The van der Waals surface area contributed by atoms with E-state index < -0.39 is 29.4 Å². The molecule has 0 aliphatic carbocycles. The summed E-state index contributed by atoms with van der Waals surface area (Å²) in [6.45, 7) is 3.87. The Kier molecular flexibility index (Phi) is 5.68. The van der Waals surface area contributed by atoms with Crippen LogP contribution >= 0.6 is 0 Å². The van der Waals surface area contributed by atoms with E-state index in [0.29, 0.717) is 31.6 Å². The van der Waals surface area contributed by atoms with Gasteiger partial charge in [-0.2, -0.15) is 13.2 Å². The molecule has 1 aromatic carbocycles. The second kappa shape index (κ2) is 6.83. The molecule has 1 aromatic rings. The molecule has 0 aliphatic heterocycles. The lowest BCUT2D eigenvalue weighted by atomic mass is 10.0. The van der Waals surface area contributed by atoms with Crippen molar-refractivity contribution in [1.29, 1.82) is 0 Å². The summed E-state index contributed by atoms with van der Waals surface area (Å²) in [6, 6.07) is 2.18. The Morgan fingerprint density at radius 2 is 1.95 bits per heavy atom. The number of ether oxygens (including phenoxy) is 1. The molecule has 0 amide bonds. The van der Waals surface area contributed by atoms with Crippen LogP contribution < -0.4 is 0 Å². The molecule has 0 saturated heterocycles. The summed E-state index contributed by atoms with van der Waals surface area (Å²) < 4.78 is 56.0. The Hall–Kier alpha value is -1.43. The summed E-state index contributed by atoms with van der Waals surface area (Å²) in [5.74, 6) is -1.95. The molecule has 1 unspecified atom stereocenters. The van der Waals surface area contributed by atoms with Crippen molar-refractivity contribution in [3.05, 3.63) is 35.1 Å². The van der Waals surface area contributed by atoms with Gasteiger partial charge in [-0.1, -0.05) is 19.4 Å². The molecule has 0 bridgehead atoms. The van der Waals surface area contributed by atoms with Crippen molar-refractivity contribution >= 4 is 5.78 Å². The summed E-state index contributed by atoms with van der Waals surface area (Å²) >= 11 is 0. The van der Waals surface area contributed by atoms with Gasteiger partial charge in [0.2, 0.25) is 0 Å². The SMILES string of the molecule is CCCC(OCC)C(=O)c1ccc(C(F)(F)F)c(F)c1. The van der Waals surface area contributed by atoms with Gasteiger partial charge in [0, 0.05) is 12.2 Å². The Morgan fingerprint density at radius 3 is 2.40 bits per heavy atom. The van der Waals surface area contributed by atoms with Crippen molar-refractivity contribution in [2.75, 3.05) is 6.61 Å². The van der Waals surface area contributed by atoms with Gasteiger partial charge in [-0.15, -0.1) is 0 Å². The summed E-state index contributed by atoms with van der Waals surface area (Å²) in [4.78, 5) is 12.1. The zero-order valence-corrected chi connectivity index (χ0v) is 11.3. The van der Waals surface area contributed by atoms with Crippen LogP contribution in [0.2, 0.25) is 0 Å². The molecule has 0 aromatic heterocycles. The van der Waals surface area contributed by atoms with Crippen LogP contribution in [0.1, 0.15) is 42.6 Å². The van der Waals surface area contributed by atoms with Gasteiger partial charge < -0.3 is 4.74 Å². The van der Waals surface area contributed by atoms with Gasteiger partial charge in [-0.3, -0.25) is 4.79 Å². The largest absolute Gasteiger partial charge is 0.419 e. The summed E-state index contributed by atoms with van der Waals surface area (Å²) in [5, 5.41) is 0. The lowest BCUT2D eigenvalue weighted by molar-refractivity contribution is -0.140. The van der Waals surface area contributed by atoms with Gasteiger partial charge >= 0.3 is 6.18 Å². The van der Waals surface area contributed by atoms with Crippen LogP contribution in [0.15, 0.2) is 18.2 Å².